The van der Waals surface area contributed by atoms with E-state index in [2.05, 4.69) is 39.0 Å². The van der Waals surface area contributed by atoms with Crippen LogP contribution in [0.1, 0.15) is 45.4 Å². The van der Waals surface area contributed by atoms with Crippen LogP contribution in [0.4, 0.5) is 0 Å². The predicted molar refractivity (Wildman–Crippen MR) is 89.6 cm³/mol. The molecule has 0 saturated heterocycles. The molecule has 1 aromatic rings. The van der Waals surface area contributed by atoms with Crippen molar-refractivity contribution in [3.8, 4) is 0 Å². The molecule has 0 atom stereocenters. The molecule has 0 radical (unpaired) electrons. The Morgan fingerprint density at radius 2 is 1.95 bits per heavy atom. The molecule has 1 heterocycles. The summed E-state index contributed by atoms with van der Waals surface area (Å²) in [6.45, 7) is 9.54. The van der Waals surface area contributed by atoms with Gasteiger partial charge in [-0.3, -0.25) is 4.99 Å². The zero-order chi connectivity index (χ0) is 15.5. The number of rotatable bonds is 9. The quantitative estimate of drug-likeness (QED) is 0.418. The van der Waals surface area contributed by atoms with Crippen molar-refractivity contribution < 1.29 is 0 Å². The molecule has 1 rings (SSSR count). The van der Waals surface area contributed by atoms with E-state index in [4.69, 9.17) is 0 Å². The van der Waals surface area contributed by atoms with E-state index in [1.54, 1.807) is 0 Å². The molecule has 0 aromatic carbocycles. The largest absolute Gasteiger partial charge is 0.356 e. The molecule has 0 bridgehead atoms. The van der Waals surface area contributed by atoms with Gasteiger partial charge in [-0.05, 0) is 38.5 Å². The Bertz CT molecular complexity index is 409. The molecule has 0 aliphatic rings. The van der Waals surface area contributed by atoms with Gasteiger partial charge in [0.25, 0.3) is 0 Å². The van der Waals surface area contributed by atoms with Crippen molar-refractivity contribution in [3.05, 3.63) is 18.2 Å². The van der Waals surface area contributed by atoms with E-state index in [0.29, 0.717) is 0 Å². The standard InChI is InChI=1S/C16H31N5/c1-14(2)8-7-10-20-16(17-4)19-9-5-6-12-21-13-11-18-15(21)3/h11,13-14H,5-10,12H2,1-4H3,(H2,17,19,20). The number of unbranched alkanes of at least 4 members (excludes halogenated alkanes) is 1. The van der Waals surface area contributed by atoms with Crippen molar-refractivity contribution in [2.24, 2.45) is 10.9 Å². The van der Waals surface area contributed by atoms with Gasteiger partial charge in [0.05, 0.1) is 0 Å². The van der Waals surface area contributed by atoms with E-state index in [1.807, 2.05) is 26.4 Å². The monoisotopic (exact) mass is 293 g/mol. The second-order valence-corrected chi connectivity index (χ2v) is 5.84. The van der Waals surface area contributed by atoms with Crippen LogP contribution in [0.25, 0.3) is 0 Å². The Morgan fingerprint density at radius 1 is 1.24 bits per heavy atom. The van der Waals surface area contributed by atoms with E-state index in [0.717, 1.165) is 50.2 Å². The van der Waals surface area contributed by atoms with E-state index < -0.39 is 0 Å². The summed E-state index contributed by atoms with van der Waals surface area (Å²) in [6, 6.07) is 0. The van der Waals surface area contributed by atoms with Crippen LogP contribution in [0.3, 0.4) is 0 Å². The maximum absolute atomic E-state index is 4.25. The lowest BCUT2D eigenvalue weighted by Crippen LogP contribution is -2.38. The molecule has 21 heavy (non-hydrogen) atoms. The number of aliphatic imine (C=N–C) groups is 1. The van der Waals surface area contributed by atoms with Gasteiger partial charge < -0.3 is 15.2 Å². The fourth-order valence-corrected chi connectivity index (χ4v) is 2.19. The van der Waals surface area contributed by atoms with Crippen LogP contribution in [-0.4, -0.2) is 35.6 Å². The molecule has 1 aromatic heterocycles. The first-order valence-electron chi connectivity index (χ1n) is 8.05. The van der Waals surface area contributed by atoms with Gasteiger partial charge in [0, 0.05) is 39.1 Å². The Balaban J connectivity index is 2.05. The summed E-state index contributed by atoms with van der Waals surface area (Å²) in [5, 5.41) is 6.73. The minimum absolute atomic E-state index is 0.772. The summed E-state index contributed by atoms with van der Waals surface area (Å²) in [5.74, 6) is 2.77. The molecule has 0 aliphatic heterocycles. The normalized spacial score (nSPS) is 12.0. The van der Waals surface area contributed by atoms with Crippen LogP contribution in [0.15, 0.2) is 17.4 Å². The second-order valence-electron chi connectivity index (χ2n) is 5.84. The third kappa shape index (κ3) is 7.73. The summed E-state index contributed by atoms with van der Waals surface area (Å²) >= 11 is 0. The van der Waals surface area contributed by atoms with Crippen LogP contribution in [0.5, 0.6) is 0 Å². The molecule has 0 unspecified atom stereocenters. The fourth-order valence-electron chi connectivity index (χ4n) is 2.19. The molecular formula is C16H31N5. The van der Waals surface area contributed by atoms with Crippen molar-refractivity contribution in [1.29, 1.82) is 0 Å². The van der Waals surface area contributed by atoms with E-state index in [-0.39, 0.29) is 0 Å². The second kappa shape index (κ2) is 10.2. The van der Waals surface area contributed by atoms with Crippen LogP contribution in [0.2, 0.25) is 0 Å². The molecule has 0 amide bonds. The minimum atomic E-state index is 0.772. The van der Waals surface area contributed by atoms with Crippen molar-refractivity contribution in [2.75, 3.05) is 20.1 Å². The summed E-state index contributed by atoms with van der Waals surface area (Å²) in [5.41, 5.74) is 0. The topological polar surface area (TPSA) is 54.2 Å². The highest BCUT2D eigenvalue weighted by molar-refractivity contribution is 5.79. The van der Waals surface area contributed by atoms with Crippen LogP contribution in [-0.2, 0) is 6.54 Å². The first kappa shape index (κ1) is 17.5. The van der Waals surface area contributed by atoms with Gasteiger partial charge >= 0.3 is 0 Å². The van der Waals surface area contributed by atoms with Crippen molar-refractivity contribution in [2.45, 2.75) is 53.0 Å². The highest BCUT2D eigenvalue weighted by atomic mass is 15.2. The van der Waals surface area contributed by atoms with Gasteiger partial charge in [-0.15, -0.1) is 0 Å². The van der Waals surface area contributed by atoms with Crippen LogP contribution >= 0.6 is 0 Å². The molecule has 0 saturated carbocycles. The summed E-state index contributed by atoms with van der Waals surface area (Å²) < 4.78 is 2.19. The summed E-state index contributed by atoms with van der Waals surface area (Å²) in [6.07, 6.45) is 8.62. The fraction of sp³-hybridized carbons (Fsp3) is 0.750. The zero-order valence-electron chi connectivity index (χ0n) is 14.0. The third-order valence-electron chi connectivity index (χ3n) is 3.52. The summed E-state index contributed by atoms with van der Waals surface area (Å²) in [7, 11) is 1.83. The lowest BCUT2D eigenvalue weighted by Gasteiger charge is -2.12. The van der Waals surface area contributed by atoms with Crippen LogP contribution < -0.4 is 10.6 Å². The highest BCUT2D eigenvalue weighted by Gasteiger charge is 1.99. The molecule has 0 spiro atoms. The smallest absolute Gasteiger partial charge is 0.190 e. The lowest BCUT2D eigenvalue weighted by molar-refractivity contribution is 0.547. The molecule has 0 fully saturated rings. The number of nitrogens with one attached hydrogen (secondary N) is 2. The van der Waals surface area contributed by atoms with Gasteiger partial charge in [0.1, 0.15) is 5.82 Å². The van der Waals surface area contributed by atoms with Crippen molar-refractivity contribution in [1.82, 2.24) is 20.2 Å². The number of aromatic nitrogens is 2. The third-order valence-corrected chi connectivity index (χ3v) is 3.52. The van der Waals surface area contributed by atoms with E-state index >= 15 is 0 Å². The first-order chi connectivity index (χ1) is 10.1. The van der Waals surface area contributed by atoms with Gasteiger partial charge in [-0.25, -0.2) is 4.98 Å². The van der Waals surface area contributed by atoms with Crippen molar-refractivity contribution >= 4 is 5.96 Å². The number of imidazole rings is 1. The Labute approximate surface area is 129 Å². The Morgan fingerprint density at radius 3 is 2.52 bits per heavy atom. The average Bonchev–Trinajstić information content (AvgIpc) is 2.86. The number of guanidine groups is 1. The Kier molecular flexibility index (Phi) is 8.55. The number of nitrogens with zero attached hydrogens (tertiary/aromatic N) is 3. The SMILES string of the molecule is CN=C(NCCCCn1ccnc1C)NCCCC(C)C. The number of hydrogen-bond donors (Lipinski definition) is 2. The predicted octanol–water partition coefficient (Wildman–Crippen LogP) is 2.57. The van der Waals surface area contributed by atoms with E-state index in [9.17, 15) is 0 Å². The molecule has 2 N–H and O–H groups in total. The van der Waals surface area contributed by atoms with Gasteiger partial charge in [-0.1, -0.05) is 13.8 Å². The number of hydrogen-bond acceptors (Lipinski definition) is 2. The minimum Gasteiger partial charge on any atom is -0.356 e. The maximum atomic E-state index is 4.25. The number of aryl methyl sites for hydroxylation is 2. The summed E-state index contributed by atoms with van der Waals surface area (Å²) in [4.78, 5) is 8.47. The Hall–Kier alpha value is -1.52. The molecule has 5 heteroatoms. The van der Waals surface area contributed by atoms with E-state index in [1.165, 1.54) is 12.8 Å². The van der Waals surface area contributed by atoms with Crippen LogP contribution in [0, 0.1) is 12.8 Å². The van der Waals surface area contributed by atoms with Gasteiger partial charge in [-0.2, -0.15) is 0 Å². The maximum Gasteiger partial charge on any atom is 0.190 e. The zero-order valence-corrected chi connectivity index (χ0v) is 14.0. The average molecular weight is 293 g/mol. The van der Waals surface area contributed by atoms with Gasteiger partial charge in [0.15, 0.2) is 5.96 Å². The lowest BCUT2D eigenvalue weighted by atomic mass is 10.1. The van der Waals surface area contributed by atoms with Gasteiger partial charge in [0.2, 0.25) is 0 Å². The van der Waals surface area contributed by atoms with Crippen molar-refractivity contribution in [3.63, 3.8) is 0 Å². The molecule has 120 valence electrons. The molecule has 0 aliphatic carbocycles. The molecular weight excluding hydrogens is 262 g/mol. The first-order valence-corrected chi connectivity index (χ1v) is 8.05. The highest BCUT2D eigenvalue weighted by Crippen LogP contribution is 2.01. The molecule has 5 nitrogen and oxygen atoms in total.